The van der Waals surface area contributed by atoms with E-state index in [0.29, 0.717) is 28.9 Å². The molecule has 0 atom stereocenters. The van der Waals surface area contributed by atoms with Crippen LogP contribution in [0, 0.1) is 0 Å². The molecule has 1 heterocycles. The molecule has 4 amide bonds. The number of alkyl carbamates (subject to hydrolysis) is 1. The number of alkyl halides is 3. The number of halogens is 3. The molecule has 1 aromatic rings. The minimum absolute atomic E-state index is 0.00480. The second kappa shape index (κ2) is 14.3. The normalized spacial score (nSPS) is 13.1. The predicted octanol–water partition coefficient (Wildman–Crippen LogP) is 2.84. The summed E-state index contributed by atoms with van der Waals surface area (Å²) < 4.78 is 43.5. The third-order valence-electron chi connectivity index (χ3n) is 5.51. The highest BCUT2D eigenvalue weighted by molar-refractivity contribution is 6.21. The second-order valence-electron chi connectivity index (χ2n) is 8.28. The van der Waals surface area contributed by atoms with E-state index in [0.717, 1.165) is 9.96 Å². The molecule has 1 aromatic carbocycles. The molecule has 1 aliphatic rings. The molecule has 0 saturated carbocycles. The molecule has 10 nitrogen and oxygen atoms in total. The average Bonchev–Trinajstić information content (AvgIpc) is 3.10. The van der Waals surface area contributed by atoms with Gasteiger partial charge in [-0.1, -0.05) is 24.8 Å². The van der Waals surface area contributed by atoms with Crippen molar-refractivity contribution in [1.29, 1.82) is 0 Å². The maximum Gasteiger partial charge on any atom is 0.471 e. The Morgan fingerprint density at radius 3 is 2.16 bits per heavy atom. The molecule has 2 N–H and O–H groups in total. The van der Waals surface area contributed by atoms with Crippen molar-refractivity contribution in [2.45, 2.75) is 31.9 Å². The number of carbonyl (C=O) groups is 4. The van der Waals surface area contributed by atoms with Gasteiger partial charge in [0, 0.05) is 39.3 Å². The zero-order valence-corrected chi connectivity index (χ0v) is 20.3. The molecule has 0 spiro atoms. The smallest absolute Gasteiger partial charge is 0.445 e. The molecular weight excluding hydrogens is 497 g/mol. The predicted molar refractivity (Wildman–Crippen MR) is 126 cm³/mol. The molecule has 1 aliphatic heterocycles. The molecule has 0 unspecified atom stereocenters. The summed E-state index contributed by atoms with van der Waals surface area (Å²) in [6.07, 6.45) is -3.49. The fraction of sp³-hybridized carbons (Fsp3) is 0.500. The van der Waals surface area contributed by atoms with E-state index < -0.39 is 18.2 Å². The number of nitrogens with one attached hydrogen (secondary N) is 1. The molecule has 0 saturated heterocycles. The van der Waals surface area contributed by atoms with Crippen LogP contribution in [0.15, 0.2) is 36.9 Å². The van der Waals surface area contributed by atoms with Gasteiger partial charge >= 0.3 is 18.2 Å². The first-order valence-electron chi connectivity index (χ1n) is 11.8. The standard InChI is InChI=1S/C24H31F3N4O6/c1-2-17-37-23(35)28-11-7-13-29(22(34)24(25,26)27)12-5-6-14-30(36)15-8-16-31-20(32)18-9-3-4-10-19(18)21(31)33/h2-4,9-10,36H,1,5-8,11-17H2,(H,28,35). The van der Waals surface area contributed by atoms with Gasteiger partial charge in [0.05, 0.1) is 11.1 Å². The van der Waals surface area contributed by atoms with E-state index in [9.17, 15) is 37.6 Å². The molecular formula is C24H31F3N4O6. The monoisotopic (exact) mass is 528 g/mol. The zero-order chi connectivity index (χ0) is 27.4. The van der Waals surface area contributed by atoms with Gasteiger partial charge in [-0.25, -0.2) is 4.79 Å². The first-order chi connectivity index (χ1) is 17.6. The summed E-state index contributed by atoms with van der Waals surface area (Å²) in [5, 5.41) is 13.4. The minimum Gasteiger partial charge on any atom is -0.445 e. The summed E-state index contributed by atoms with van der Waals surface area (Å²) in [7, 11) is 0. The number of benzene rings is 1. The first-order valence-corrected chi connectivity index (χ1v) is 11.8. The van der Waals surface area contributed by atoms with Gasteiger partial charge in [-0.05, 0) is 37.8 Å². The number of unbranched alkanes of at least 4 members (excludes halogenated alkanes) is 1. The second-order valence-corrected chi connectivity index (χ2v) is 8.28. The van der Waals surface area contributed by atoms with E-state index in [1.165, 1.54) is 6.08 Å². The number of hydrogen-bond acceptors (Lipinski definition) is 7. The molecule has 204 valence electrons. The minimum atomic E-state index is -5.02. The lowest BCUT2D eigenvalue weighted by molar-refractivity contribution is -0.185. The number of ether oxygens (including phenoxy) is 1. The van der Waals surface area contributed by atoms with Crippen molar-refractivity contribution in [2.75, 3.05) is 45.9 Å². The van der Waals surface area contributed by atoms with E-state index >= 15 is 0 Å². The molecule has 0 bridgehead atoms. The summed E-state index contributed by atoms with van der Waals surface area (Å²) in [5.74, 6) is -2.74. The zero-order valence-electron chi connectivity index (χ0n) is 20.3. The van der Waals surface area contributed by atoms with Crippen molar-refractivity contribution in [2.24, 2.45) is 0 Å². The number of rotatable bonds is 15. The maximum absolute atomic E-state index is 12.9. The van der Waals surface area contributed by atoms with Crippen molar-refractivity contribution in [3.05, 3.63) is 48.0 Å². The van der Waals surface area contributed by atoms with Crippen LogP contribution in [0.2, 0.25) is 0 Å². The van der Waals surface area contributed by atoms with E-state index in [2.05, 4.69) is 11.9 Å². The first kappa shape index (κ1) is 29.8. The molecule has 0 radical (unpaired) electrons. The van der Waals surface area contributed by atoms with Crippen LogP contribution >= 0.6 is 0 Å². The van der Waals surface area contributed by atoms with Crippen LogP contribution in [0.25, 0.3) is 0 Å². The lowest BCUT2D eigenvalue weighted by Crippen LogP contribution is -2.43. The Hall–Kier alpha value is -3.45. The number of fused-ring (bicyclic) bond motifs is 1. The van der Waals surface area contributed by atoms with E-state index in [4.69, 9.17) is 4.74 Å². The van der Waals surface area contributed by atoms with Crippen LogP contribution in [0.1, 0.15) is 46.4 Å². The largest absolute Gasteiger partial charge is 0.471 e. The summed E-state index contributed by atoms with van der Waals surface area (Å²) in [6, 6.07) is 6.50. The number of nitrogens with zero attached hydrogens (tertiary/aromatic N) is 3. The highest BCUT2D eigenvalue weighted by atomic mass is 19.4. The summed E-state index contributed by atoms with van der Waals surface area (Å²) >= 11 is 0. The van der Waals surface area contributed by atoms with Crippen LogP contribution < -0.4 is 5.32 Å². The number of amides is 4. The van der Waals surface area contributed by atoms with Crippen LogP contribution in [0.3, 0.4) is 0 Å². The van der Waals surface area contributed by atoms with Gasteiger partial charge in [0.1, 0.15) is 6.61 Å². The lowest BCUT2D eigenvalue weighted by Gasteiger charge is -2.24. The third kappa shape index (κ3) is 9.17. The van der Waals surface area contributed by atoms with Crippen LogP contribution in [-0.2, 0) is 9.53 Å². The van der Waals surface area contributed by atoms with E-state index in [1.807, 2.05) is 0 Å². The molecule has 0 fully saturated rings. The Labute approximate surface area is 212 Å². The van der Waals surface area contributed by atoms with Crippen molar-refractivity contribution in [3.8, 4) is 0 Å². The summed E-state index contributed by atoms with van der Waals surface area (Å²) in [5.41, 5.74) is 0.685. The molecule has 2 rings (SSSR count). The molecule has 37 heavy (non-hydrogen) atoms. The van der Waals surface area contributed by atoms with Gasteiger partial charge in [-0.2, -0.15) is 18.2 Å². The van der Waals surface area contributed by atoms with Gasteiger partial charge in [0.2, 0.25) is 0 Å². The fourth-order valence-corrected chi connectivity index (χ4v) is 3.70. The molecule has 0 aliphatic carbocycles. The highest BCUT2D eigenvalue weighted by Crippen LogP contribution is 2.22. The Bertz CT molecular complexity index is 937. The number of carbonyl (C=O) groups excluding carboxylic acids is 4. The van der Waals surface area contributed by atoms with Crippen molar-refractivity contribution in [3.63, 3.8) is 0 Å². The SMILES string of the molecule is C=CCOC(=O)NCCCN(CCCCN(O)CCCN1C(=O)c2ccccc2C1=O)C(=O)C(F)(F)F. The average molecular weight is 529 g/mol. The topological polar surface area (TPSA) is 119 Å². The Morgan fingerprint density at radius 1 is 1.00 bits per heavy atom. The summed E-state index contributed by atoms with van der Waals surface area (Å²) in [6.45, 7) is 3.40. The molecule has 13 heteroatoms. The van der Waals surface area contributed by atoms with Gasteiger partial charge < -0.3 is 20.2 Å². The fourth-order valence-electron chi connectivity index (χ4n) is 3.70. The van der Waals surface area contributed by atoms with Gasteiger partial charge in [-0.15, -0.1) is 0 Å². The van der Waals surface area contributed by atoms with Gasteiger partial charge in [0.15, 0.2) is 0 Å². The molecule has 0 aromatic heterocycles. The van der Waals surface area contributed by atoms with Crippen LogP contribution in [-0.4, -0.2) is 95.9 Å². The van der Waals surface area contributed by atoms with Crippen molar-refractivity contribution >= 4 is 23.8 Å². The number of imide groups is 1. The van der Waals surface area contributed by atoms with Gasteiger partial charge in [-0.3, -0.25) is 19.3 Å². The summed E-state index contributed by atoms with van der Waals surface area (Å²) in [4.78, 5) is 49.5. The van der Waals surface area contributed by atoms with Crippen LogP contribution in [0.4, 0.5) is 18.0 Å². The lowest BCUT2D eigenvalue weighted by atomic mass is 10.1. The van der Waals surface area contributed by atoms with E-state index in [1.54, 1.807) is 24.3 Å². The Morgan fingerprint density at radius 2 is 1.57 bits per heavy atom. The Kier molecular flexibility index (Phi) is 11.5. The highest BCUT2D eigenvalue weighted by Gasteiger charge is 2.42. The quantitative estimate of drug-likeness (QED) is 0.156. The number of hydroxylamine groups is 2. The maximum atomic E-state index is 12.9. The number of hydrogen-bond donors (Lipinski definition) is 2. The van der Waals surface area contributed by atoms with Crippen LogP contribution in [0.5, 0.6) is 0 Å². The third-order valence-corrected chi connectivity index (χ3v) is 5.51. The van der Waals surface area contributed by atoms with Crippen molar-refractivity contribution < 1.29 is 42.3 Å². The van der Waals surface area contributed by atoms with Crippen molar-refractivity contribution in [1.82, 2.24) is 20.2 Å². The van der Waals surface area contributed by atoms with Gasteiger partial charge in [0.25, 0.3) is 11.8 Å². The van der Waals surface area contributed by atoms with E-state index in [-0.39, 0.29) is 70.5 Å². The Balaban J connectivity index is 1.69.